The number of allylic oxidation sites excluding steroid dienone is 2. The second-order valence-electron chi connectivity index (χ2n) is 8.66. The van der Waals surface area contributed by atoms with E-state index in [0.717, 1.165) is 5.70 Å². The van der Waals surface area contributed by atoms with Crippen LogP contribution in [0.3, 0.4) is 0 Å². The molecular formula is C23H24ClNO5. The van der Waals surface area contributed by atoms with E-state index in [1.54, 1.807) is 19.1 Å². The molecule has 30 heavy (non-hydrogen) atoms. The number of Topliss-reactive ketones (excluding diaryl/α,β-unsaturated/α-hetero) is 1. The number of ketones is 1. The fraction of sp³-hybridized carbons (Fsp3) is 0.435. The van der Waals surface area contributed by atoms with Gasteiger partial charge < -0.3 is 14.2 Å². The Balaban J connectivity index is 1.88. The molecule has 0 bridgehead atoms. The van der Waals surface area contributed by atoms with Crippen LogP contribution in [0.2, 0.25) is 5.02 Å². The van der Waals surface area contributed by atoms with Crippen LogP contribution in [-0.2, 0) is 14.3 Å². The quantitative estimate of drug-likeness (QED) is 0.516. The van der Waals surface area contributed by atoms with E-state index >= 15 is 0 Å². The van der Waals surface area contributed by atoms with Gasteiger partial charge in [-0.05, 0) is 30.4 Å². The third-order valence-electron chi connectivity index (χ3n) is 5.73. The van der Waals surface area contributed by atoms with Gasteiger partial charge in [-0.3, -0.25) is 14.6 Å². The number of hydrogen-bond acceptors (Lipinski definition) is 6. The Labute approximate surface area is 180 Å². The van der Waals surface area contributed by atoms with Crippen molar-refractivity contribution >= 4 is 29.1 Å². The molecule has 1 aliphatic carbocycles. The number of nitrogens with zero attached hydrogens (tertiary/aromatic N) is 1. The Hall–Kier alpha value is -2.60. The summed E-state index contributed by atoms with van der Waals surface area (Å²) >= 11 is 6.62. The molecule has 158 valence electrons. The van der Waals surface area contributed by atoms with Crippen molar-refractivity contribution in [1.82, 2.24) is 0 Å². The van der Waals surface area contributed by atoms with E-state index in [1.165, 1.54) is 6.08 Å². The maximum atomic E-state index is 13.3. The average Bonchev–Trinajstić information content (AvgIpc) is 3.10. The third-order valence-corrected chi connectivity index (χ3v) is 6.05. The lowest BCUT2D eigenvalue weighted by atomic mass is 9.67. The number of benzene rings is 1. The molecule has 0 radical (unpaired) electrons. The van der Waals surface area contributed by atoms with Crippen molar-refractivity contribution in [1.29, 1.82) is 0 Å². The Morgan fingerprint density at radius 1 is 1.33 bits per heavy atom. The number of ether oxygens (including phenoxy) is 3. The van der Waals surface area contributed by atoms with Gasteiger partial charge in [0.05, 0.1) is 0 Å². The topological polar surface area (TPSA) is 74.2 Å². The highest BCUT2D eigenvalue weighted by atomic mass is 35.5. The van der Waals surface area contributed by atoms with Crippen LogP contribution in [0.1, 0.15) is 45.1 Å². The van der Waals surface area contributed by atoms with E-state index in [2.05, 4.69) is 11.6 Å². The highest BCUT2D eigenvalue weighted by Gasteiger charge is 2.47. The lowest BCUT2D eigenvalue weighted by Crippen LogP contribution is -2.39. The van der Waals surface area contributed by atoms with Crippen LogP contribution in [0.15, 0.2) is 41.1 Å². The van der Waals surface area contributed by atoms with Gasteiger partial charge in [0.15, 0.2) is 17.3 Å². The Morgan fingerprint density at radius 3 is 2.73 bits per heavy atom. The van der Waals surface area contributed by atoms with Crippen molar-refractivity contribution in [2.24, 2.45) is 16.3 Å². The minimum Gasteiger partial charge on any atom is -0.461 e. The van der Waals surface area contributed by atoms with Crippen LogP contribution >= 0.6 is 11.6 Å². The molecule has 4 rings (SSSR count). The number of carbonyl (C=O) groups excluding carboxylic acids is 2. The Kier molecular flexibility index (Phi) is 5.22. The molecule has 0 spiro atoms. The highest BCUT2D eigenvalue weighted by molar-refractivity contribution is 6.32. The summed E-state index contributed by atoms with van der Waals surface area (Å²) in [6.45, 7) is 9.67. The van der Waals surface area contributed by atoms with Gasteiger partial charge in [0.2, 0.25) is 6.79 Å². The van der Waals surface area contributed by atoms with Crippen LogP contribution in [0.5, 0.6) is 11.5 Å². The SMILES string of the molecule is C=CCOC(=O)C1C(C)=NC2=C(C(=O)CC(C)(C)C2)[C@@H]1c1cc2c(cc1Cl)OCO2. The molecule has 2 heterocycles. The molecule has 7 heteroatoms. The van der Waals surface area contributed by atoms with Crippen LogP contribution in [0.25, 0.3) is 0 Å². The number of aliphatic imine (C=N–C) groups is 1. The van der Waals surface area contributed by atoms with E-state index in [0.29, 0.717) is 46.2 Å². The first kappa shape index (κ1) is 20.7. The number of halogens is 1. The van der Waals surface area contributed by atoms with Gasteiger partial charge >= 0.3 is 5.97 Å². The standard InChI is InChI=1S/C23H24ClNO5/c1-5-6-28-22(27)19-12(2)25-15-9-23(3,4)10-16(26)21(15)20(19)13-7-17-18(8-14(13)24)30-11-29-17/h5,7-8,19-20H,1,6,9-11H2,2-4H3/t19?,20-/m1/s1. The molecule has 0 saturated carbocycles. The van der Waals surface area contributed by atoms with Gasteiger partial charge in [-0.15, -0.1) is 0 Å². The smallest absolute Gasteiger partial charge is 0.315 e. The van der Waals surface area contributed by atoms with Gasteiger partial charge in [-0.1, -0.05) is 38.1 Å². The van der Waals surface area contributed by atoms with Gasteiger partial charge in [0.1, 0.15) is 12.5 Å². The predicted octanol–water partition coefficient (Wildman–Crippen LogP) is 4.62. The van der Waals surface area contributed by atoms with Gasteiger partial charge in [-0.2, -0.15) is 0 Å². The zero-order valence-electron chi connectivity index (χ0n) is 17.3. The summed E-state index contributed by atoms with van der Waals surface area (Å²) in [5.41, 5.74) is 2.31. The summed E-state index contributed by atoms with van der Waals surface area (Å²) in [6.07, 6.45) is 2.54. The zero-order valence-corrected chi connectivity index (χ0v) is 18.0. The number of rotatable bonds is 4. The van der Waals surface area contributed by atoms with Crippen molar-refractivity contribution < 1.29 is 23.8 Å². The van der Waals surface area contributed by atoms with Crippen LogP contribution < -0.4 is 9.47 Å². The molecule has 0 aromatic heterocycles. The first-order valence-electron chi connectivity index (χ1n) is 9.90. The molecule has 0 fully saturated rings. The van der Waals surface area contributed by atoms with Crippen LogP contribution in [0, 0.1) is 11.3 Å². The van der Waals surface area contributed by atoms with Crippen LogP contribution in [0.4, 0.5) is 0 Å². The maximum absolute atomic E-state index is 13.3. The molecule has 2 atom stereocenters. The van der Waals surface area contributed by atoms with Crippen molar-refractivity contribution in [3.05, 3.63) is 46.6 Å². The van der Waals surface area contributed by atoms with E-state index < -0.39 is 17.8 Å². The second kappa shape index (κ2) is 7.58. The van der Waals surface area contributed by atoms with Gasteiger partial charge in [-0.25, -0.2) is 0 Å². The predicted molar refractivity (Wildman–Crippen MR) is 113 cm³/mol. The molecule has 0 amide bonds. The summed E-state index contributed by atoms with van der Waals surface area (Å²) in [5, 5.41) is 0.407. The summed E-state index contributed by atoms with van der Waals surface area (Å²) in [4.78, 5) is 31.0. The van der Waals surface area contributed by atoms with Gasteiger partial charge in [0.25, 0.3) is 0 Å². The third kappa shape index (κ3) is 3.54. The summed E-state index contributed by atoms with van der Waals surface area (Å²) < 4.78 is 16.3. The number of carbonyl (C=O) groups is 2. The Bertz CT molecular complexity index is 1010. The normalized spacial score (nSPS) is 24.3. The number of hydrogen-bond donors (Lipinski definition) is 0. The Morgan fingerprint density at radius 2 is 2.03 bits per heavy atom. The first-order valence-corrected chi connectivity index (χ1v) is 10.3. The largest absolute Gasteiger partial charge is 0.461 e. The molecule has 0 saturated heterocycles. The van der Waals surface area contributed by atoms with E-state index in [4.69, 9.17) is 25.8 Å². The van der Waals surface area contributed by atoms with Crippen LogP contribution in [-0.4, -0.2) is 30.9 Å². The molecule has 1 aromatic carbocycles. The zero-order chi connectivity index (χ0) is 21.6. The fourth-order valence-electron chi connectivity index (χ4n) is 4.49. The molecule has 0 N–H and O–H groups in total. The first-order chi connectivity index (χ1) is 14.2. The molecular weight excluding hydrogens is 406 g/mol. The van der Waals surface area contributed by atoms with Gasteiger partial charge in [0, 0.05) is 40.4 Å². The van der Waals surface area contributed by atoms with E-state index in [-0.39, 0.29) is 24.6 Å². The lowest BCUT2D eigenvalue weighted by molar-refractivity contribution is -0.145. The van der Waals surface area contributed by atoms with Crippen molar-refractivity contribution in [3.63, 3.8) is 0 Å². The van der Waals surface area contributed by atoms with Crippen molar-refractivity contribution in [2.75, 3.05) is 13.4 Å². The fourth-order valence-corrected chi connectivity index (χ4v) is 4.76. The molecule has 1 unspecified atom stereocenters. The maximum Gasteiger partial charge on any atom is 0.315 e. The van der Waals surface area contributed by atoms with E-state index in [1.807, 2.05) is 13.8 Å². The highest BCUT2D eigenvalue weighted by Crippen LogP contribution is 2.51. The summed E-state index contributed by atoms with van der Waals surface area (Å²) in [5.74, 6) is -0.747. The lowest BCUT2D eigenvalue weighted by Gasteiger charge is -2.39. The molecule has 1 aromatic rings. The number of esters is 1. The summed E-state index contributed by atoms with van der Waals surface area (Å²) in [6, 6.07) is 3.43. The second-order valence-corrected chi connectivity index (χ2v) is 9.06. The summed E-state index contributed by atoms with van der Waals surface area (Å²) in [7, 11) is 0. The minimum absolute atomic E-state index is 0.0160. The minimum atomic E-state index is -0.758. The molecule has 6 nitrogen and oxygen atoms in total. The molecule has 2 aliphatic heterocycles. The number of fused-ring (bicyclic) bond motifs is 1. The van der Waals surface area contributed by atoms with Crippen molar-refractivity contribution in [3.8, 4) is 11.5 Å². The molecule has 3 aliphatic rings. The van der Waals surface area contributed by atoms with E-state index in [9.17, 15) is 9.59 Å². The average molecular weight is 430 g/mol. The van der Waals surface area contributed by atoms with Crippen molar-refractivity contribution in [2.45, 2.75) is 39.5 Å². The monoisotopic (exact) mass is 429 g/mol.